The number of rotatable bonds is 22. The van der Waals surface area contributed by atoms with Crippen molar-refractivity contribution in [3.63, 3.8) is 0 Å². The Bertz CT molecular complexity index is 649. The maximum atomic E-state index is 11.7. The van der Waals surface area contributed by atoms with Gasteiger partial charge in [-0.1, -0.05) is 96.3 Å². The Morgan fingerprint density at radius 3 is 1.46 bits per heavy atom. The monoisotopic (exact) mass is 560 g/mol. The minimum Gasteiger partial charge on any atom is -0.479 e. The SMILES string of the molecule is CC(C)(C)OC(=O)CCCCCCCCCCCCCCCCCCCO[C@@H]1O[C@H](C(=O)O)[C@@H](O)[C@H](O)[C@H]1O. The Hall–Kier alpha value is -1.26. The molecule has 0 amide bonds. The van der Waals surface area contributed by atoms with Gasteiger partial charge in [-0.25, -0.2) is 4.79 Å². The van der Waals surface area contributed by atoms with Gasteiger partial charge in [-0.2, -0.15) is 0 Å². The Balaban J connectivity index is 1.83. The number of ether oxygens (including phenoxy) is 3. The maximum absolute atomic E-state index is 11.7. The lowest BCUT2D eigenvalue weighted by atomic mass is 9.99. The summed E-state index contributed by atoms with van der Waals surface area (Å²) in [7, 11) is 0. The van der Waals surface area contributed by atoms with E-state index in [4.69, 9.17) is 19.3 Å². The standard InChI is InChI=1S/C30H56O9/c1-30(2,3)39-23(31)21-19-17-15-13-11-9-7-5-4-6-8-10-12-14-16-18-20-22-37-29-26(34)24(32)25(33)27(38-29)28(35)36/h24-27,29,32-34H,4-22H2,1-3H3,(H,35,36)/t24-,25-,26+,27-,29+/m0/s1. The molecule has 0 aromatic rings. The average Bonchev–Trinajstić information content (AvgIpc) is 2.86. The smallest absolute Gasteiger partial charge is 0.335 e. The van der Waals surface area contributed by atoms with Gasteiger partial charge in [0.05, 0.1) is 0 Å². The molecule has 1 rings (SSSR count). The third-order valence-corrected chi connectivity index (χ3v) is 7.04. The zero-order valence-corrected chi connectivity index (χ0v) is 24.7. The quantitative estimate of drug-likeness (QED) is 0.103. The first kappa shape index (κ1) is 35.8. The first-order valence-corrected chi connectivity index (χ1v) is 15.3. The van der Waals surface area contributed by atoms with Crippen LogP contribution in [0.25, 0.3) is 0 Å². The fourth-order valence-corrected chi connectivity index (χ4v) is 4.80. The van der Waals surface area contributed by atoms with E-state index in [1.54, 1.807) is 0 Å². The highest BCUT2D eigenvalue weighted by Crippen LogP contribution is 2.23. The predicted octanol–water partition coefficient (Wildman–Crippen LogP) is 5.26. The predicted molar refractivity (Wildman–Crippen MR) is 149 cm³/mol. The van der Waals surface area contributed by atoms with E-state index in [1.165, 1.54) is 77.0 Å². The molecule has 0 radical (unpaired) electrons. The van der Waals surface area contributed by atoms with Crippen LogP contribution in [0.4, 0.5) is 0 Å². The number of hydrogen-bond donors (Lipinski definition) is 4. The summed E-state index contributed by atoms with van der Waals surface area (Å²) >= 11 is 0. The van der Waals surface area contributed by atoms with Gasteiger partial charge in [0.1, 0.15) is 23.9 Å². The highest BCUT2D eigenvalue weighted by atomic mass is 16.7. The second-order valence-corrected chi connectivity index (χ2v) is 12.0. The van der Waals surface area contributed by atoms with Crippen LogP contribution in [0, 0.1) is 0 Å². The molecule has 1 saturated heterocycles. The number of hydrogen-bond acceptors (Lipinski definition) is 8. The first-order chi connectivity index (χ1) is 18.5. The molecule has 9 nitrogen and oxygen atoms in total. The largest absolute Gasteiger partial charge is 0.479 e. The van der Waals surface area contributed by atoms with E-state index in [0.717, 1.165) is 32.1 Å². The lowest BCUT2D eigenvalue weighted by molar-refractivity contribution is -0.294. The summed E-state index contributed by atoms with van der Waals surface area (Å²) in [6.07, 6.45) is 13.0. The van der Waals surface area contributed by atoms with E-state index in [1.807, 2.05) is 20.8 Å². The number of aliphatic hydroxyl groups is 3. The molecule has 4 N–H and O–H groups in total. The van der Waals surface area contributed by atoms with Crippen molar-refractivity contribution in [3.05, 3.63) is 0 Å². The highest BCUT2D eigenvalue weighted by molar-refractivity contribution is 5.73. The number of aliphatic carboxylic acids is 1. The summed E-state index contributed by atoms with van der Waals surface area (Å²) in [6, 6.07) is 0. The van der Waals surface area contributed by atoms with Gasteiger partial charge in [0.25, 0.3) is 0 Å². The van der Waals surface area contributed by atoms with Crippen molar-refractivity contribution in [1.29, 1.82) is 0 Å². The third kappa shape index (κ3) is 17.2. The number of carboxylic acid groups (broad SMARTS) is 1. The van der Waals surface area contributed by atoms with Crippen LogP contribution in [0.15, 0.2) is 0 Å². The maximum Gasteiger partial charge on any atom is 0.335 e. The molecule has 5 atom stereocenters. The second-order valence-electron chi connectivity index (χ2n) is 12.0. The molecule has 1 heterocycles. The molecule has 0 aliphatic carbocycles. The van der Waals surface area contributed by atoms with Crippen molar-refractivity contribution in [3.8, 4) is 0 Å². The van der Waals surface area contributed by atoms with E-state index in [9.17, 15) is 24.9 Å². The van der Waals surface area contributed by atoms with E-state index in [0.29, 0.717) is 13.0 Å². The molecule has 9 heteroatoms. The van der Waals surface area contributed by atoms with Crippen molar-refractivity contribution in [2.45, 2.75) is 173 Å². The summed E-state index contributed by atoms with van der Waals surface area (Å²) in [5.41, 5.74) is -0.383. The normalized spacial score (nSPS) is 23.6. The molecular weight excluding hydrogens is 504 g/mol. The summed E-state index contributed by atoms with van der Waals surface area (Å²) in [6.45, 7) is 6.01. The number of carboxylic acids is 1. The van der Waals surface area contributed by atoms with Gasteiger partial charge in [-0.15, -0.1) is 0 Å². The van der Waals surface area contributed by atoms with Gasteiger partial charge >= 0.3 is 11.9 Å². The first-order valence-electron chi connectivity index (χ1n) is 15.3. The molecule has 1 aliphatic heterocycles. The van der Waals surface area contributed by atoms with Gasteiger partial charge < -0.3 is 34.6 Å². The Morgan fingerprint density at radius 1 is 0.641 bits per heavy atom. The molecular formula is C30H56O9. The van der Waals surface area contributed by atoms with E-state index in [-0.39, 0.29) is 11.6 Å². The van der Waals surface area contributed by atoms with E-state index < -0.39 is 36.7 Å². The fraction of sp³-hybridized carbons (Fsp3) is 0.933. The van der Waals surface area contributed by atoms with Crippen molar-refractivity contribution >= 4 is 11.9 Å². The second kappa shape index (κ2) is 20.6. The number of carbonyl (C=O) groups is 2. The molecule has 1 aliphatic rings. The summed E-state index contributed by atoms with van der Waals surface area (Å²) in [5, 5.41) is 38.5. The molecule has 0 unspecified atom stereocenters. The van der Waals surface area contributed by atoms with Crippen molar-refractivity contribution in [1.82, 2.24) is 0 Å². The minimum atomic E-state index is -1.69. The third-order valence-electron chi connectivity index (χ3n) is 7.04. The Morgan fingerprint density at radius 2 is 1.05 bits per heavy atom. The van der Waals surface area contributed by atoms with Crippen LogP contribution in [0.5, 0.6) is 0 Å². The zero-order valence-electron chi connectivity index (χ0n) is 24.7. The highest BCUT2D eigenvalue weighted by Gasteiger charge is 2.47. The van der Waals surface area contributed by atoms with Crippen LogP contribution in [0.2, 0.25) is 0 Å². The molecule has 39 heavy (non-hydrogen) atoms. The van der Waals surface area contributed by atoms with Crippen molar-refractivity contribution in [2.75, 3.05) is 6.61 Å². The van der Waals surface area contributed by atoms with Crippen LogP contribution >= 0.6 is 0 Å². The molecule has 0 aromatic carbocycles. The zero-order chi connectivity index (χ0) is 29.1. The number of esters is 1. The van der Waals surface area contributed by atoms with Crippen LogP contribution in [0.3, 0.4) is 0 Å². The molecule has 0 bridgehead atoms. The van der Waals surface area contributed by atoms with Gasteiger partial charge in [-0.3, -0.25) is 4.79 Å². The lowest BCUT2D eigenvalue weighted by Gasteiger charge is -2.38. The van der Waals surface area contributed by atoms with Crippen molar-refractivity contribution < 1.29 is 44.2 Å². The van der Waals surface area contributed by atoms with Crippen LogP contribution in [-0.4, -0.2) is 75.3 Å². The van der Waals surface area contributed by atoms with Gasteiger partial charge in [0.15, 0.2) is 12.4 Å². The van der Waals surface area contributed by atoms with Crippen LogP contribution in [-0.2, 0) is 23.8 Å². The number of aliphatic hydroxyl groups excluding tert-OH is 3. The minimum absolute atomic E-state index is 0.0816. The van der Waals surface area contributed by atoms with E-state index >= 15 is 0 Å². The Labute approximate surface area is 235 Å². The summed E-state index contributed by atoms with van der Waals surface area (Å²) in [5.74, 6) is -1.49. The van der Waals surface area contributed by atoms with Gasteiger partial charge in [-0.05, 0) is 33.6 Å². The molecule has 230 valence electrons. The lowest BCUT2D eigenvalue weighted by Crippen LogP contribution is -2.60. The van der Waals surface area contributed by atoms with Crippen LogP contribution in [0.1, 0.15) is 136 Å². The molecule has 0 aromatic heterocycles. The molecule has 0 saturated carbocycles. The van der Waals surface area contributed by atoms with Crippen LogP contribution < -0.4 is 0 Å². The number of carbonyl (C=O) groups excluding carboxylic acids is 1. The topological polar surface area (TPSA) is 143 Å². The number of unbranched alkanes of at least 4 members (excludes halogenated alkanes) is 16. The van der Waals surface area contributed by atoms with Crippen molar-refractivity contribution in [2.24, 2.45) is 0 Å². The fourth-order valence-electron chi connectivity index (χ4n) is 4.80. The average molecular weight is 561 g/mol. The molecule has 0 spiro atoms. The van der Waals surface area contributed by atoms with Gasteiger partial charge in [0, 0.05) is 13.0 Å². The van der Waals surface area contributed by atoms with E-state index in [2.05, 4.69) is 0 Å². The Kier molecular flexibility index (Phi) is 18.9. The summed E-state index contributed by atoms with van der Waals surface area (Å²) in [4.78, 5) is 22.8. The molecule has 1 fully saturated rings. The summed E-state index contributed by atoms with van der Waals surface area (Å²) < 4.78 is 15.9. The van der Waals surface area contributed by atoms with Gasteiger partial charge in [0.2, 0.25) is 0 Å².